The molecule has 2 heterocycles. The van der Waals surface area contributed by atoms with Gasteiger partial charge in [0.05, 0.1) is 12.7 Å². The third-order valence-electron chi connectivity index (χ3n) is 2.90. The molecule has 0 amide bonds. The minimum atomic E-state index is 0. The van der Waals surface area contributed by atoms with Gasteiger partial charge in [-0.2, -0.15) is 0 Å². The van der Waals surface area contributed by atoms with E-state index >= 15 is 0 Å². The Labute approximate surface area is 107 Å². The van der Waals surface area contributed by atoms with Gasteiger partial charge in [-0.05, 0) is 20.0 Å². The highest BCUT2D eigenvalue weighted by Crippen LogP contribution is 2.06. The van der Waals surface area contributed by atoms with Crippen LogP contribution in [0.4, 0.5) is 0 Å². The number of nitrogens with zero attached hydrogens (tertiary/aromatic N) is 3. The highest BCUT2D eigenvalue weighted by atomic mass is 35.5. The van der Waals surface area contributed by atoms with Crippen molar-refractivity contribution in [3.8, 4) is 0 Å². The zero-order valence-electron chi connectivity index (χ0n) is 9.80. The highest BCUT2D eigenvalue weighted by molar-refractivity contribution is 5.95. The van der Waals surface area contributed by atoms with Crippen LogP contribution in [-0.2, 0) is 0 Å². The molecule has 0 bridgehead atoms. The van der Waals surface area contributed by atoms with E-state index in [1.807, 2.05) is 7.05 Å². The number of hydrogen-bond donors (Lipinski definition) is 1. The zero-order chi connectivity index (χ0) is 11.4. The standard InChI is InChI=1S/C11H16N4O.ClH/c1-15(9-2-3-12-6-9)8-11(16)10-7-13-4-5-14-10;/h4-5,7,9,12H,2-3,6,8H2,1H3;1H. The lowest BCUT2D eigenvalue weighted by Crippen LogP contribution is -2.37. The van der Waals surface area contributed by atoms with Gasteiger partial charge in [0, 0.05) is 25.0 Å². The number of Topliss-reactive ketones (excluding diaryl/α,β-unsaturated/α-hetero) is 1. The Morgan fingerprint density at radius 1 is 1.59 bits per heavy atom. The van der Waals surface area contributed by atoms with Crippen molar-refractivity contribution in [3.05, 3.63) is 24.3 Å². The van der Waals surface area contributed by atoms with Gasteiger partial charge in [0.25, 0.3) is 0 Å². The maximum Gasteiger partial charge on any atom is 0.196 e. The predicted molar refractivity (Wildman–Crippen MR) is 67.5 cm³/mol. The Morgan fingerprint density at radius 3 is 3.00 bits per heavy atom. The molecule has 1 aromatic rings. The number of ketones is 1. The van der Waals surface area contributed by atoms with Crippen LogP contribution in [0, 0.1) is 0 Å². The quantitative estimate of drug-likeness (QED) is 0.789. The SMILES string of the molecule is CN(CC(=O)c1cnccn1)C1CCNC1.Cl. The first-order valence-electron chi connectivity index (χ1n) is 5.47. The van der Waals surface area contributed by atoms with E-state index in [-0.39, 0.29) is 18.2 Å². The van der Waals surface area contributed by atoms with Gasteiger partial charge in [-0.3, -0.25) is 14.7 Å². The van der Waals surface area contributed by atoms with E-state index in [0.717, 1.165) is 19.5 Å². The molecule has 1 aliphatic rings. The fourth-order valence-electron chi connectivity index (χ4n) is 1.90. The van der Waals surface area contributed by atoms with Crippen LogP contribution in [0.15, 0.2) is 18.6 Å². The summed E-state index contributed by atoms with van der Waals surface area (Å²) in [6.07, 6.45) is 5.74. The summed E-state index contributed by atoms with van der Waals surface area (Å²) in [5.74, 6) is 0.0301. The smallest absolute Gasteiger partial charge is 0.196 e. The van der Waals surface area contributed by atoms with Crippen LogP contribution in [0.25, 0.3) is 0 Å². The van der Waals surface area contributed by atoms with Crippen LogP contribution in [0.1, 0.15) is 16.9 Å². The van der Waals surface area contributed by atoms with Crippen molar-refractivity contribution in [1.29, 1.82) is 0 Å². The summed E-state index contributed by atoms with van der Waals surface area (Å²) in [6, 6.07) is 0.459. The van der Waals surface area contributed by atoms with Crippen molar-refractivity contribution < 1.29 is 4.79 Å². The van der Waals surface area contributed by atoms with E-state index in [9.17, 15) is 4.79 Å². The number of carbonyl (C=O) groups excluding carboxylic acids is 1. The maximum atomic E-state index is 11.8. The van der Waals surface area contributed by atoms with E-state index < -0.39 is 0 Å². The average Bonchev–Trinajstić information content (AvgIpc) is 2.83. The number of likely N-dealkylation sites (N-methyl/N-ethyl adjacent to an activating group) is 1. The van der Waals surface area contributed by atoms with Gasteiger partial charge >= 0.3 is 0 Å². The summed E-state index contributed by atoms with van der Waals surface area (Å²) in [4.78, 5) is 21.8. The second-order valence-electron chi connectivity index (χ2n) is 4.08. The highest BCUT2D eigenvalue weighted by Gasteiger charge is 2.21. The summed E-state index contributed by atoms with van der Waals surface area (Å²) >= 11 is 0. The maximum absolute atomic E-state index is 11.8. The molecule has 0 aromatic carbocycles. The Morgan fingerprint density at radius 2 is 2.41 bits per heavy atom. The summed E-state index contributed by atoms with van der Waals surface area (Å²) in [6.45, 7) is 2.41. The monoisotopic (exact) mass is 256 g/mol. The van der Waals surface area contributed by atoms with Crippen LogP contribution in [0.2, 0.25) is 0 Å². The number of nitrogens with one attached hydrogen (secondary N) is 1. The second kappa shape index (κ2) is 6.64. The van der Waals surface area contributed by atoms with Crippen LogP contribution in [0.3, 0.4) is 0 Å². The molecule has 1 N–H and O–H groups in total. The average molecular weight is 257 g/mol. The number of halogens is 1. The van der Waals surface area contributed by atoms with E-state index in [1.165, 1.54) is 6.20 Å². The zero-order valence-corrected chi connectivity index (χ0v) is 10.6. The first-order chi connectivity index (χ1) is 7.77. The normalized spacial score (nSPS) is 19.1. The number of hydrogen-bond acceptors (Lipinski definition) is 5. The number of carbonyl (C=O) groups is 1. The van der Waals surface area contributed by atoms with Gasteiger partial charge in [-0.25, -0.2) is 4.98 Å². The van der Waals surface area contributed by atoms with E-state index in [0.29, 0.717) is 18.3 Å². The molecular weight excluding hydrogens is 240 g/mol. The molecular formula is C11H17ClN4O. The van der Waals surface area contributed by atoms with Crippen molar-refractivity contribution in [3.63, 3.8) is 0 Å². The van der Waals surface area contributed by atoms with Gasteiger partial charge in [-0.1, -0.05) is 0 Å². The third-order valence-corrected chi connectivity index (χ3v) is 2.90. The minimum absolute atomic E-state index is 0. The molecule has 0 radical (unpaired) electrons. The summed E-state index contributed by atoms with van der Waals surface area (Å²) in [5, 5.41) is 3.29. The van der Waals surface area contributed by atoms with Gasteiger partial charge in [0.15, 0.2) is 5.78 Å². The predicted octanol–water partition coefficient (Wildman–Crippen LogP) is 0.375. The Hall–Kier alpha value is -1.04. The topological polar surface area (TPSA) is 58.1 Å². The molecule has 0 saturated carbocycles. The van der Waals surface area contributed by atoms with Crippen molar-refractivity contribution in [1.82, 2.24) is 20.2 Å². The molecule has 0 spiro atoms. The van der Waals surface area contributed by atoms with Crippen molar-refractivity contribution in [2.75, 3.05) is 26.7 Å². The second-order valence-corrected chi connectivity index (χ2v) is 4.08. The molecule has 1 unspecified atom stereocenters. The van der Waals surface area contributed by atoms with Crippen LogP contribution >= 0.6 is 12.4 Å². The Bertz CT molecular complexity index is 354. The molecule has 1 atom stereocenters. The van der Waals surface area contributed by atoms with E-state index in [1.54, 1.807) is 12.4 Å². The van der Waals surface area contributed by atoms with Crippen molar-refractivity contribution in [2.24, 2.45) is 0 Å². The molecule has 0 aliphatic carbocycles. The van der Waals surface area contributed by atoms with Crippen LogP contribution in [0.5, 0.6) is 0 Å². The minimum Gasteiger partial charge on any atom is -0.315 e. The van der Waals surface area contributed by atoms with Crippen molar-refractivity contribution >= 4 is 18.2 Å². The largest absolute Gasteiger partial charge is 0.315 e. The first kappa shape index (κ1) is 14.0. The summed E-state index contributed by atoms with van der Waals surface area (Å²) < 4.78 is 0. The van der Waals surface area contributed by atoms with Crippen molar-refractivity contribution in [2.45, 2.75) is 12.5 Å². The molecule has 5 nitrogen and oxygen atoms in total. The lowest BCUT2D eigenvalue weighted by molar-refractivity contribution is 0.0919. The fourth-order valence-corrected chi connectivity index (χ4v) is 1.90. The lowest BCUT2D eigenvalue weighted by atomic mass is 10.2. The molecule has 1 aliphatic heterocycles. The molecule has 17 heavy (non-hydrogen) atoms. The fraction of sp³-hybridized carbons (Fsp3) is 0.545. The van der Waals surface area contributed by atoms with Crippen LogP contribution < -0.4 is 5.32 Å². The summed E-state index contributed by atoms with van der Waals surface area (Å²) in [7, 11) is 1.98. The van der Waals surface area contributed by atoms with Gasteiger partial charge in [0.2, 0.25) is 0 Å². The number of aromatic nitrogens is 2. The summed E-state index contributed by atoms with van der Waals surface area (Å²) in [5.41, 5.74) is 0.445. The Balaban J connectivity index is 0.00000144. The molecule has 94 valence electrons. The lowest BCUT2D eigenvalue weighted by Gasteiger charge is -2.22. The van der Waals surface area contributed by atoms with E-state index in [4.69, 9.17) is 0 Å². The van der Waals surface area contributed by atoms with Gasteiger partial charge in [0.1, 0.15) is 5.69 Å². The molecule has 1 fully saturated rings. The van der Waals surface area contributed by atoms with Crippen LogP contribution in [-0.4, -0.2) is 53.4 Å². The molecule has 2 rings (SSSR count). The van der Waals surface area contributed by atoms with E-state index in [2.05, 4.69) is 20.2 Å². The Kier molecular flexibility index (Phi) is 5.47. The molecule has 1 aromatic heterocycles. The molecule has 6 heteroatoms. The number of rotatable bonds is 4. The third kappa shape index (κ3) is 3.73. The first-order valence-corrected chi connectivity index (χ1v) is 5.47. The molecule has 1 saturated heterocycles. The van der Waals surface area contributed by atoms with Gasteiger partial charge in [-0.15, -0.1) is 12.4 Å². The van der Waals surface area contributed by atoms with Gasteiger partial charge < -0.3 is 5.32 Å².